The molecule has 1 amide bonds. The topological polar surface area (TPSA) is 83.0 Å². The quantitative estimate of drug-likeness (QED) is 0.497. The van der Waals surface area contributed by atoms with Crippen LogP contribution >= 0.6 is 0 Å². The van der Waals surface area contributed by atoms with E-state index in [-0.39, 0.29) is 11.5 Å². The van der Waals surface area contributed by atoms with E-state index in [2.05, 4.69) is 25.5 Å². The minimum atomic E-state index is -2.89. The van der Waals surface area contributed by atoms with Crippen LogP contribution in [0, 0.1) is 25.6 Å². The van der Waals surface area contributed by atoms with Crippen molar-refractivity contribution in [2.75, 3.05) is 29.9 Å². The first-order chi connectivity index (χ1) is 16.6. The average molecular weight is 487 g/mol. The number of carbonyl (C=O) groups excluding carboxylic acids is 1. The average Bonchev–Trinajstić information content (AvgIpc) is 3.27. The second kappa shape index (κ2) is 10.1. The Morgan fingerprint density at radius 1 is 1.20 bits per heavy atom. The summed E-state index contributed by atoms with van der Waals surface area (Å²) in [7, 11) is 0. The third-order valence-electron chi connectivity index (χ3n) is 6.32. The summed E-state index contributed by atoms with van der Waals surface area (Å²) >= 11 is 0. The number of amides is 1. The van der Waals surface area contributed by atoms with E-state index in [0.717, 1.165) is 42.5 Å². The first-order valence-corrected chi connectivity index (χ1v) is 11.6. The van der Waals surface area contributed by atoms with Crippen molar-refractivity contribution in [1.29, 1.82) is 0 Å². The van der Waals surface area contributed by atoms with Crippen LogP contribution in [-0.4, -0.2) is 40.5 Å². The van der Waals surface area contributed by atoms with E-state index in [1.165, 1.54) is 19.1 Å². The number of aromatic nitrogens is 3. The zero-order chi connectivity index (χ0) is 25.3. The standard InChI is InChI=1S/C25H29F3N6O/c1-13(18-6-5-7-19(22(18)26)24(27)28)31-25-20-10-21(30-14(2)23(20)32-15(3)33-25)34-9-8-17(12-34)11-29-16(4)35/h5-7,10,13,17,24H,8-9,11-12H2,1-4H3,(H,29,35)(H,31,32,33)/t13-,17+/m1/s1. The van der Waals surface area contributed by atoms with Gasteiger partial charge in [-0.25, -0.2) is 28.1 Å². The number of alkyl halides is 2. The molecule has 1 aliphatic rings. The van der Waals surface area contributed by atoms with Crippen molar-refractivity contribution >= 4 is 28.4 Å². The second-order valence-electron chi connectivity index (χ2n) is 9.04. The van der Waals surface area contributed by atoms with Gasteiger partial charge < -0.3 is 15.5 Å². The maximum atomic E-state index is 14.8. The van der Waals surface area contributed by atoms with Crippen LogP contribution in [0.15, 0.2) is 24.3 Å². The molecule has 1 saturated heterocycles. The number of aryl methyl sites for hydroxylation is 2. The van der Waals surface area contributed by atoms with Crippen LogP contribution in [0.2, 0.25) is 0 Å². The van der Waals surface area contributed by atoms with E-state index in [0.29, 0.717) is 29.6 Å². The lowest BCUT2D eigenvalue weighted by atomic mass is 10.0. The summed E-state index contributed by atoms with van der Waals surface area (Å²) in [4.78, 5) is 27.3. The molecule has 0 aliphatic carbocycles. The van der Waals surface area contributed by atoms with Gasteiger partial charge in [-0.05, 0) is 39.2 Å². The molecule has 0 saturated carbocycles. The number of rotatable bonds is 7. The Bertz CT molecular complexity index is 1250. The van der Waals surface area contributed by atoms with Gasteiger partial charge in [-0.3, -0.25) is 4.79 Å². The Labute approximate surface area is 202 Å². The predicted octanol–water partition coefficient (Wildman–Crippen LogP) is 4.85. The summed E-state index contributed by atoms with van der Waals surface area (Å²) in [5.41, 5.74) is 0.922. The van der Waals surface area contributed by atoms with Crippen molar-refractivity contribution in [3.8, 4) is 0 Å². The van der Waals surface area contributed by atoms with Crippen molar-refractivity contribution in [3.05, 3.63) is 52.7 Å². The lowest BCUT2D eigenvalue weighted by molar-refractivity contribution is -0.119. The van der Waals surface area contributed by atoms with Gasteiger partial charge in [0, 0.05) is 37.5 Å². The zero-order valence-electron chi connectivity index (χ0n) is 20.2. The Balaban J connectivity index is 1.66. The van der Waals surface area contributed by atoms with Crippen LogP contribution in [0.3, 0.4) is 0 Å². The number of benzene rings is 1. The first-order valence-electron chi connectivity index (χ1n) is 11.6. The second-order valence-corrected chi connectivity index (χ2v) is 9.04. The molecular weight excluding hydrogens is 457 g/mol. The maximum Gasteiger partial charge on any atom is 0.266 e. The van der Waals surface area contributed by atoms with E-state index in [1.807, 2.05) is 13.0 Å². The van der Waals surface area contributed by atoms with Gasteiger partial charge in [-0.2, -0.15) is 0 Å². The number of hydrogen-bond donors (Lipinski definition) is 2. The molecule has 1 fully saturated rings. The van der Waals surface area contributed by atoms with Gasteiger partial charge in [-0.1, -0.05) is 18.2 Å². The SMILES string of the molecule is CC(=O)NC[C@@H]1CCN(c2cc3c(N[C@H](C)c4cccc(C(F)F)c4F)nc(C)nc3c(C)n2)C1. The third-order valence-corrected chi connectivity index (χ3v) is 6.32. The van der Waals surface area contributed by atoms with Gasteiger partial charge in [0.15, 0.2) is 0 Å². The number of pyridine rings is 1. The molecule has 4 rings (SSSR count). The van der Waals surface area contributed by atoms with Gasteiger partial charge in [0.1, 0.15) is 23.3 Å². The predicted molar refractivity (Wildman–Crippen MR) is 129 cm³/mol. The number of nitrogens with one attached hydrogen (secondary N) is 2. The van der Waals surface area contributed by atoms with Crippen molar-refractivity contribution in [2.24, 2.45) is 5.92 Å². The molecule has 0 spiro atoms. The Kier molecular flexibility index (Phi) is 7.09. The van der Waals surface area contributed by atoms with Gasteiger partial charge in [0.05, 0.1) is 22.8 Å². The molecule has 0 unspecified atom stereocenters. The Morgan fingerprint density at radius 3 is 2.66 bits per heavy atom. The molecule has 0 radical (unpaired) electrons. The maximum absolute atomic E-state index is 14.8. The number of carbonyl (C=O) groups is 1. The normalized spacial score (nSPS) is 16.7. The molecule has 0 bridgehead atoms. The molecule has 10 heteroatoms. The van der Waals surface area contributed by atoms with Gasteiger partial charge in [-0.15, -0.1) is 0 Å². The molecule has 7 nitrogen and oxygen atoms in total. The van der Waals surface area contributed by atoms with Crippen LogP contribution in [0.25, 0.3) is 10.9 Å². The van der Waals surface area contributed by atoms with E-state index in [1.54, 1.807) is 13.8 Å². The van der Waals surface area contributed by atoms with Crippen LogP contribution in [0.4, 0.5) is 24.8 Å². The highest BCUT2D eigenvalue weighted by Gasteiger charge is 2.25. The van der Waals surface area contributed by atoms with Crippen molar-refractivity contribution in [2.45, 2.75) is 46.6 Å². The number of hydrogen-bond acceptors (Lipinski definition) is 6. The summed E-state index contributed by atoms with van der Waals surface area (Å²) in [6.45, 7) is 9.03. The summed E-state index contributed by atoms with van der Waals surface area (Å²) in [5, 5.41) is 6.80. The fourth-order valence-corrected chi connectivity index (χ4v) is 4.50. The van der Waals surface area contributed by atoms with E-state index in [9.17, 15) is 18.0 Å². The highest BCUT2D eigenvalue weighted by molar-refractivity contribution is 5.92. The minimum absolute atomic E-state index is 0.0454. The number of halogens is 3. The van der Waals surface area contributed by atoms with Crippen LogP contribution in [0.5, 0.6) is 0 Å². The summed E-state index contributed by atoms with van der Waals surface area (Å²) in [6, 6.07) is 5.31. The van der Waals surface area contributed by atoms with Crippen LogP contribution in [0.1, 0.15) is 55.4 Å². The van der Waals surface area contributed by atoms with Crippen molar-refractivity contribution in [1.82, 2.24) is 20.3 Å². The molecule has 2 aromatic heterocycles. The molecule has 2 N–H and O–H groups in total. The van der Waals surface area contributed by atoms with Gasteiger partial charge in [0.2, 0.25) is 5.91 Å². The first kappa shape index (κ1) is 24.7. The summed E-state index contributed by atoms with van der Waals surface area (Å²) in [5.74, 6) is 1.14. The van der Waals surface area contributed by atoms with Crippen molar-refractivity contribution < 1.29 is 18.0 Å². The molecule has 3 heterocycles. The number of anilines is 2. The lowest BCUT2D eigenvalue weighted by Gasteiger charge is -2.21. The molecule has 35 heavy (non-hydrogen) atoms. The largest absolute Gasteiger partial charge is 0.363 e. The molecule has 2 atom stereocenters. The summed E-state index contributed by atoms with van der Waals surface area (Å²) < 4.78 is 41.2. The highest BCUT2D eigenvalue weighted by Crippen LogP contribution is 2.33. The van der Waals surface area contributed by atoms with E-state index in [4.69, 9.17) is 4.98 Å². The molecule has 1 aromatic carbocycles. The fraction of sp³-hybridized carbons (Fsp3) is 0.440. The monoisotopic (exact) mass is 486 g/mol. The van der Waals surface area contributed by atoms with E-state index < -0.39 is 23.8 Å². The minimum Gasteiger partial charge on any atom is -0.363 e. The van der Waals surface area contributed by atoms with Gasteiger partial charge >= 0.3 is 0 Å². The molecule has 3 aromatic rings. The molecular formula is C25H29F3N6O. The van der Waals surface area contributed by atoms with Crippen LogP contribution in [-0.2, 0) is 4.79 Å². The van der Waals surface area contributed by atoms with Crippen LogP contribution < -0.4 is 15.5 Å². The molecule has 1 aliphatic heterocycles. The lowest BCUT2D eigenvalue weighted by Crippen LogP contribution is -2.29. The zero-order valence-corrected chi connectivity index (χ0v) is 20.2. The smallest absolute Gasteiger partial charge is 0.266 e. The van der Waals surface area contributed by atoms with Gasteiger partial charge in [0.25, 0.3) is 6.43 Å². The Morgan fingerprint density at radius 2 is 1.94 bits per heavy atom. The number of nitrogens with zero attached hydrogens (tertiary/aromatic N) is 4. The fourth-order valence-electron chi connectivity index (χ4n) is 4.50. The number of fused-ring (bicyclic) bond motifs is 1. The summed E-state index contributed by atoms with van der Waals surface area (Å²) in [6.07, 6.45) is -1.96. The highest BCUT2D eigenvalue weighted by atomic mass is 19.3. The third kappa shape index (κ3) is 5.31. The van der Waals surface area contributed by atoms with E-state index >= 15 is 0 Å². The molecule has 186 valence electrons. The van der Waals surface area contributed by atoms with Crippen molar-refractivity contribution in [3.63, 3.8) is 0 Å². The Hall–Kier alpha value is -3.43.